The quantitative estimate of drug-likeness (QED) is 0.798. The first kappa shape index (κ1) is 11.8. The van der Waals surface area contributed by atoms with Crippen LogP contribution in [-0.2, 0) is 6.54 Å². The molecule has 1 aromatic heterocycles. The van der Waals surface area contributed by atoms with Gasteiger partial charge in [0.15, 0.2) is 0 Å². The molecule has 0 aromatic carbocycles. The molecule has 0 aliphatic heterocycles. The maximum Gasteiger partial charge on any atom is 0.0303 e. The zero-order valence-electron chi connectivity index (χ0n) is 8.75. The fraction of sp³-hybridized carbons (Fsp3) is 0.455. The summed E-state index contributed by atoms with van der Waals surface area (Å²) in [7, 11) is 0. The Morgan fingerprint density at radius 2 is 2.50 bits per heavy atom. The van der Waals surface area contributed by atoms with Crippen molar-refractivity contribution in [3.63, 3.8) is 0 Å². The number of nitrogens with one attached hydrogen (secondary N) is 1. The first-order valence-electron chi connectivity index (χ1n) is 4.83. The van der Waals surface area contributed by atoms with E-state index in [4.69, 9.17) is 0 Å². The van der Waals surface area contributed by atoms with Crippen LogP contribution in [-0.4, -0.2) is 12.8 Å². The van der Waals surface area contributed by atoms with Gasteiger partial charge in [0.05, 0.1) is 0 Å². The van der Waals surface area contributed by atoms with Crippen molar-refractivity contribution in [1.82, 2.24) is 5.32 Å². The van der Waals surface area contributed by atoms with Crippen molar-refractivity contribution in [1.29, 1.82) is 0 Å². The van der Waals surface area contributed by atoms with Gasteiger partial charge in [-0.1, -0.05) is 19.1 Å². The van der Waals surface area contributed by atoms with Gasteiger partial charge in [-0.15, -0.1) is 23.1 Å². The van der Waals surface area contributed by atoms with E-state index in [0.717, 1.165) is 19.5 Å². The molecule has 0 amide bonds. The summed E-state index contributed by atoms with van der Waals surface area (Å²) in [6.45, 7) is 4.15. The Kier molecular flexibility index (Phi) is 5.99. The number of hydrogen-bond donors (Lipinski definition) is 1. The minimum Gasteiger partial charge on any atom is -0.307 e. The summed E-state index contributed by atoms with van der Waals surface area (Å²) >= 11 is 3.64. The molecule has 0 bridgehead atoms. The topological polar surface area (TPSA) is 12.0 Å². The van der Waals surface area contributed by atoms with E-state index in [1.165, 1.54) is 9.78 Å². The Labute approximate surface area is 94.6 Å². The monoisotopic (exact) mass is 227 g/mol. The molecule has 0 spiro atoms. The second-order valence-electron chi connectivity index (χ2n) is 2.97. The van der Waals surface area contributed by atoms with Crippen LogP contribution in [0.5, 0.6) is 0 Å². The van der Waals surface area contributed by atoms with Gasteiger partial charge in [0.1, 0.15) is 0 Å². The van der Waals surface area contributed by atoms with Gasteiger partial charge in [0.25, 0.3) is 0 Å². The van der Waals surface area contributed by atoms with Crippen LogP contribution in [0, 0.1) is 0 Å². The van der Waals surface area contributed by atoms with Crippen LogP contribution in [0.3, 0.4) is 0 Å². The summed E-state index contributed by atoms with van der Waals surface area (Å²) in [5.41, 5.74) is 0. The molecule has 14 heavy (non-hydrogen) atoms. The third kappa shape index (κ3) is 4.31. The lowest BCUT2D eigenvalue weighted by molar-refractivity contribution is 0.763. The van der Waals surface area contributed by atoms with Crippen molar-refractivity contribution < 1.29 is 0 Å². The van der Waals surface area contributed by atoms with Crippen LogP contribution in [0.2, 0.25) is 0 Å². The van der Waals surface area contributed by atoms with E-state index in [-0.39, 0.29) is 0 Å². The van der Waals surface area contributed by atoms with Crippen molar-refractivity contribution in [3.05, 3.63) is 33.4 Å². The van der Waals surface area contributed by atoms with E-state index in [1.54, 1.807) is 11.3 Å². The zero-order chi connectivity index (χ0) is 10.2. The van der Waals surface area contributed by atoms with E-state index >= 15 is 0 Å². The molecule has 1 nitrogen and oxygen atoms in total. The van der Waals surface area contributed by atoms with Crippen LogP contribution in [0.4, 0.5) is 0 Å². The lowest BCUT2D eigenvalue weighted by Gasteiger charge is -2.05. The Morgan fingerprint density at radius 1 is 1.64 bits per heavy atom. The normalized spacial score (nSPS) is 12.0. The van der Waals surface area contributed by atoms with Crippen LogP contribution < -0.4 is 5.32 Å². The maximum absolute atomic E-state index is 3.44. The van der Waals surface area contributed by atoms with Gasteiger partial charge in [0, 0.05) is 18.0 Å². The Bertz CT molecular complexity index is 265. The molecule has 1 rings (SSSR count). The molecule has 1 N–H and O–H groups in total. The third-order valence-electron chi connectivity index (χ3n) is 1.87. The van der Waals surface area contributed by atoms with Crippen molar-refractivity contribution in [3.8, 4) is 0 Å². The highest BCUT2D eigenvalue weighted by atomic mass is 32.2. The molecule has 1 heterocycles. The highest BCUT2D eigenvalue weighted by Crippen LogP contribution is 2.12. The lowest BCUT2D eigenvalue weighted by atomic mass is 10.4. The van der Waals surface area contributed by atoms with Gasteiger partial charge < -0.3 is 5.32 Å². The number of hydrogen-bond acceptors (Lipinski definition) is 3. The molecule has 0 fully saturated rings. The van der Waals surface area contributed by atoms with E-state index in [9.17, 15) is 0 Å². The SMILES string of the molecule is CC/C=C(/CNCc1cccs1)SC. The van der Waals surface area contributed by atoms with Crippen LogP contribution in [0.15, 0.2) is 28.5 Å². The fourth-order valence-electron chi connectivity index (χ4n) is 1.18. The van der Waals surface area contributed by atoms with E-state index < -0.39 is 0 Å². The van der Waals surface area contributed by atoms with Gasteiger partial charge >= 0.3 is 0 Å². The summed E-state index contributed by atoms with van der Waals surface area (Å²) < 4.78 is 0. The molecule has 0 unspecified atom stereocenters. The van der Waals surface area contributed by atoms with E-state index in [0.29, 0.717) is 0 Å². The Hall–Kier alpha value is -0.250. The summed E-state index contributed by atoms with van der Waals surface area (Å²) in [6.07, 6.45) is 5.54. The minimum atomic E-state index is 0.985. The molecule has 0 aliphatic rings. The van der Waals surface area contributed by atoms with Crippen LogP contribution >= 0.6 is 23.1 Å². The number of thioether (sulfide) groups is 1. The first-order chi connectivity index (χ1) is 6.86. The molecule has 0 saturated heterocycles. The van der Waals surface area contributed by atoms with Gasteiger partial charge in [-0.2, -0.15) is 0 Å². The van der Waals surface area contributed by atoms with Gasteiger partial charge in [0.2, 0.25) is 0 Å². The first-order valence-corrected chi connectivity index (χ1v) is 6.93. The molecule has 0 radical (unpaired) electrons. The molecule has 0 aliphatic carbocycles. The summed E-state index contributed by atoms with van der Waals surface area (Å²) in [6, 6.07) is 4.26. The van der Waals surface area contributed by atoms with Gasteiger partial charge in [-0.3, -0.25) is 0 Å². The molecular formula is C11H17NS2. The average Bonchev–Trinajstić information content (AvgIpc) is 2.69. The minimum absolute atomic E-state index is 0.985. The highest BCUT2D eigenvalue weighted by molar-refractivity contribution is 8.02. The maximum atomic E-state index is 3.44. The summed E-state index contributed by atoms with van der Waals surface area (Å²) in [4.78, 5) is 2.84. The number of rotatable bonds is 6. The standard InChI is InChI=1S/C11H17NS2/c1-3-5-10(13-2)8-12-9-11-6-4-7-14-11/h4-7,12H,3,8-9H2,1-2H3/b10-5-. The summed E-state index contributed by atoms with van der Waals surface area (Å²) in [5, 5.41) is 5.56. The molecule has 0 saturated carbocycles. The van der Waals surface area contributed by atoms with Crippen molar-refractivity contribution >= 4 is 23.1 Å². The van der Waals surface area contributed by atoms with Crippen molar-refractivity contribution in [2.24, 2.45) is 0 Å². The third-order valence-corrected chi connectivity index (χ3v) is 3.58. The lowest BCUT2D eigenvalue weighted by Crippen LogP contribution is -2.14. The van der Waals surface area contributed by atoms with Gasteiger partial charge in [-0.05, 0) is 29.0 Å². The Morgan fingerprint density at radius 3 is 3.07 bits per heavy atom. The van der Waals surface area contributed by atoms with Gasteiger partial charge in [-0.25, -0.2) is 0 Å². The molecule has 0 atom stereocenters. The predicted molar refractivity (Wildman–Crippen MR) is 67.9 cm³/mol. The zero-order valence-corrected chi connectivity index (χ0v) is 10.4. The molecule has 78 valence electrons. The largest absolute Gasteiger partial charge is 0.307 e. The Balaban J connectivity index is 2.23. The summed E-state index contributed by atoms with van der Waals surface area (Å²) in [5.74, 6) is 0. The molecule has 1 aromatic rings. The molecule has 3 heteroatoms. The average molecular weight is 227 g/mol. The second kappa shape index (κ2) is 7.10. The number of thiophene rings is 1. The highest BCUT2D eigenvalue weighted by Gasteiger charge is 1.95. The fourth-order valence-corrected chi connectivity index (χ4v) is 2.43. The number of allylic oxidation sites excluding steroid dienone is 1. The van der Waals surface area contributed by atoms with Crippen molar-refractivity contribution in [2.45, 2.75) is 19.9 Å². The van der Waals surface area contributed by atoms with Crippen LogP contribution in [0.1, 0.15) is 18.2 Å². The van der Waals surface area contributed by atoms with Crippen molar-refractivity contribution in [2.75, 3.05) is 12.8 Å². The molecular weight excluding hydrogens is 210 g/mol. The smallest absolute Gasteiger partial charge is 0.0303 e. The van der Waals surface area contributed by atoms with E-state index in [2.05, 4.69) is 42.1 Å². The van der Waals surface area contributed by atoms with Crippen LogP contribution in [0.25, 0.3) is 0 Å². The predicted octanol–water partition coefficient (Wildman–Crippen LogP) is 3.49. The van der Waals surface area contributed by atoms with E-state index in [1.807, 2.05) is 11.8 Å². The second-order valence-corrected chi connectivity index (χ2v) is 4.93.